The Kier molecular flexibility index (Phi) is 2.40. The third-order valence-electron chi connectivity index (χ3n) is 3.03. The highest BCUT2D eigenvalue weighted by Crippen LogP contribution is 2.31. The zero-order chi connectivity index (χ0) is 11.3. The predicted molar refractivity (Wildman–Crippen MR) is 72.4 cm³/mol. The number of hydrogen-bond acceptors (Lipinski definition) is 2. The number of rotatable bonds is 0. The van der Waals surface area contributed by atoms with Crippen molar-refractivity contribution in [3.63, 3.8) is 0 Å². The molecular formula is C13H12INO. The number of aryl methyl sites for hydroxylation is 2. The summed E-state index contributed by atoms with van der Waals surface area (Å²) in [5.74, 6) is 0. The van der Waals surface area contributed by atoms with Gasteiger partial charge < -0.3 is 4.74 Å². The van der Waals surface area contributed by atoms with Crippen LogP contribution in [-0.4, -0.2) is 4.98 Å². The lowest BCUT2D eigenvalue weighted by Gasteiger charge is -2.09. The largest absolute Gasteiger partial charge is 0.370 e. The highest BCUT2D eigenvalue weighted by molar-refractivity contribution is 14.1. The van der Waals surface area contributed by atoms with Crippen molar-refractivity contribution < 1.29 is 4.74 Å². The second-order valence-electron chi connectivity index (χ2n) is 4.32. The first-order chi connectivity index (χ1) is 7.66. The quantitative estimate of drug-likeness (QED) is 0.692. The smallest absolute Gasteiger partial charge is 0.0896 e. The maximum Gasteiger partial charge on any atom is 0.0896 e. The molecule has 16 heavy (non-hydrogen) atoms. The molecule has 0 saturated heterocycles. The van der Waals surface area contributed by atoms with Crippen LogP contribution in [0.5, 0.6) is 0 Å². The summed E-state index contributed by atoms with van der Waals surface area (Å²) in [7, 11) is 0. The lowest BCUT2D eigenvalue weighted by atomic mass is 10.0. The van der Waals surface area contributed by atoms with Crippen LogP contribution in [0.25, 0.3) is 10.9 Å². The van der Waals surface area contributed by atoms with Gasteiger partial charge in [0.15, 0.2) is 0 Å². The molecule has 1 aromatic carbocycles. The van der Waals surface area contributed by atoms with Crippen molar-refractivity contribution in [2.24, 2.45) is 0 Å². The first-order valence-corrected chi connectivity index (χ1v) is 6.40. The van der Waals surface area contributed by atoms with Crippen LogP contribution in [0.15, 0.2) is 12.1 Å². The van der Waals surface area contributed by atoms with Crippen LogP contribution in [0.1, 0.15) is 22.4 Å². The van der Waals surface area contributed by atoms with Gasteiger partial charge in [-0.15, -0.1) is 0 Å². The molecule has 0 spiro atoms. The summed E-state index contributed by atoms with van der Waals surface area (Å²) >= 11 is 2.42. The summed E-state index contributed by atoms with van der Waals surface area (Å²) in [4.78, 5) is 4.73. The Hall–Kier alpha value is -0.680. The van der Waals surface area contributed by atoms with Crippen molar-refractivity contribution in [2.75, 3.05) is 0 Å². The Morgan fingerprint density at radius 2 is 2.06 bits per heavy atom. The molecule has 0 N–H and O–H groups in total. The molecule has 0 unspecified atom stereocenters. The van der Waals surface area contributed by atoms with Crippen molar-refractivity contribution in [1.82, 2.24) is 4.98 Å². The maximum atomic E-state index is 5.47. The van der Waals surface area contributed by atoms with Gasteiger partial charge in [0.05, 0.1) is 24.4 Å². The van der Waals surface area contributed by atoms with E-state index in [1.807, 2.05) is 0 Å². The molecule has 0 atom stereocenters. The summed E-state index contributed by atoms with van der Waals surface area (Å²) in [5.41, 5.74) is 6.06. The number of fused-ring (bicyclic) bond motifs is 2. The molecule has 0 aliphatic carbocycles. The zero-order valence-corrected chi connectivity index (χ0v) is 11.5. The molecule has 1 aromatic heterocycles. The molecule has 2 heterocycles. The van der Waals surface area contributed by atoms with Gasteiger partial charge in [-0.2, -0.15) is 0 Å². The van der Waals surface area contributed by atoms with Gasteiger partial charge in [-0.3, -0.25) is 0 Å². The van der Waals surface area contributed by atoms with Gasteiger partial charge in [0.25, 0.3) is 0 Å². The first kappa shape index (κ1) is 10.5. The molecule has 3 rings (SSSR count). The van der Waals surface area contributed by atoms with Crippen LogP contribution in [0.4, 0.5) is 0 Å². The van der Waals surface area contributed by atoms with Gasteiger partial charge in [0.2, 0.25) is 0 Å². The Balaban J connectivity index is 2.46. The van der Waals surface area contributed by atoms with E-state index in [9.17, 15) is 0 Å². The van der Waals surface area contributed by atoms with Gasteiger partial charge in [-0.1, -0.05) is 11.6 Å². The second kappa shape index (κ2) is 3.67. The van der Waals surface area contributed by atoms with Crippen LogP contribution in [0.3, 0.4) is 0 Å². The Labute approximate surface area is 108 Å². The van der Waals surface area contributed by atoms with Gasteiger partial charge in [-0.25, -0.2) is 4.98 Å². The average molecular weight is 325 g/mol. The zero-order valence-electron chi connectivity index (χ0n) is 9.30. The molecule has 0 fully saturated rings. The molecule has 1 aliphatic heterocycles. The number of pyridine rings is 1. The minimum Gasteiger partial charge on any atom is -0.370 e. The van der Waals surface area contributed by atoms with E-state index in [4.69, 9.17) is 9.72 Å². The van der Waals surface area contributed by atoms with E-state index >= 15 is 0 Å². The lowest BCUT2D eigenvalue weighted by molar-refractivity contribution is 0.133. The Bertz CT molecular complexity index is 592. The van der Waals surface area contributed by atoms with E-state index in [0.29, 0.717) is 13.2 Å². The highest BCUT2D eigenvalue weighted by atomic mass is 127. The monoisotopic (exact) mass is 325 g/mol. The van der Waals surface area contributed by atoms with Crippen molar-refractivity contribution in [3.8, 4) is 0 Å². The molecule has 82 valence electrons. The van der Waals surface area contributed by atoms with E-state index in [1.165, 1.54) is 25.6 Å². The van der Waals surface area contributed by atoms with Gasteiger partial charge >= 0.3 is 0 Å². The third-order valence-corrected chi connectivity index (χ3v) is 4.26. The van der Waals surface area contributed by atoms with Crippen LogP contribution < -0.4 is 0 Å². The molecule has 0 saturated carbocycles. The van der Waals surface area contributed by atoms with Crippen LogP contribution in [0, 0.1) is 17.4 Å². The van der Waals surface area contributed by atoms with Crippen molar-refractivity contribution >= 4 is 33.5 Å². The van der Waals surface area contributed by atoms with Gasteiger partial charge in [0.1, 0.15) is 0 Å². The number of halogens is 1. The van der Waals surface area contributed by atoms with Crippen molar-refractivity contribution in [2.45, 2.75) is 27.1 Å². The Morgan fingerprint density at radius 1 is 1.25 bits per heavy atom. The number of hydrogen-bond donors (Lipinski definition) is 0. The number of nitrogens with zero attached hydrogens (tertiary/aromatic N) is 1. The predicted octanol–water partition coefficient (Wildman–Crippen LogP) is 3.49. The summed E-state index contributed by atoms with van der Waals surface area (Å²) < 4.78 is 6.78. The molecule has 0 amide bonds. The topological polar surface area (TPSA) is 22.1 Å². The molecule has 0 bridgehead atoms. The molecular weight excluding hydrogens is 313 g/mol. The average Bonchev–Trinajstić information content (AvgIpc) is 2.68. The normalized spacial score (nSPS) is 14.4. The molecule has 0 radical (unpaired) electrons. The van der Waals surface area contributed by atoms with E-state index in [0.717, 1.165) is 11.2 Å². The third kappa shape index (κ3) is 1.45. The molecule has 2 aromatic rings. The molecule has 2 nitrogen and oxygen atoms in total. The standard InChI is InChI=1S/C13H12INO/c1-7-3-8(2)13-9(4-7)12(14)10-5-16-6-11(10)15-13/h3-4H,5-6H2,1-2H3. The number of ether oxygens (including phenoxy) is 1. The maximum absolute atomic E-state index is 5.47. The van der Waals surface area contributed by atoms with Crippen LogP contribution in [0.2, 0.25) is 0 Å². The lowest BCUT2D eigenvalue weighted by Crippen LogP contribution is -1.96. The van der Waals surface area contributed by atoms with E-state index in [2.05, 4.69) is 48.6 Å². The fraction of sp³-hybridized carbons (Fsp3) is 0.308. The number of aromatic nitrogens is 1. The minimum atomic E-state index is 0.661. The van der Waals surface area contributed by atoms with Crippen LogP contribution in [-0.2, 0) is 18.0 Å². The van der Waals surface area contributed by atoms with Crippen molar-refractivity contribution in [1.29, 1.82) is 0 Å². The first-order valence-electron chi connectivity index (χ1n) is 5.33. The van der Waals surface area contributed by atoms with Gasteiger partial charge in [-0.05, 0) is 48.1 Å². The van der Waals surface area contributed by atoms with Gasteiger partial charge in [0, 0.05) is 14.5 Å². The fourth-order valence-electron chi connectivity index (χ4n) is 2.28. The summed E-state index contributed by atoms with van der Waals surface area (Å²) in [5, 5.41) is 1.27. The SMILES string of the molecule is Cc1cc(C)c2nc3c(c(I)c2c1)COC3. The van der Waals surface area contributed by atoms with Crippen LogP contribution >= 0.6 is 22.6 Å². The highest BCUT2D eigenvalue weighted by Gasteiger charge is 2.19. The molecule has 3 heteroatoms. The van der Waals surface area contributed by atoms with E-state index in [-0.39, 0.29) is 0 Å². The summed E-state index contributed by atoms with van der Waals surface area (Å²) in [6.45, 7) is 5.63. The Morgan fingerprint density at radius 3 is 2.88 bits per heavy atom. The van der Waals surface area contributed by atoms with E-state index in [1.54, 1.807) is 0 Å². The molecule has 1 aliphatic rings. The fourth-order valence-corrected chi connectivity index (χ4v) is 3.16. The van der Waals surface area contributed by atoms with E-state index < -0.39 is 0 Å². The summed E-state index contributed by atoms with van der Waals surface area (Å²) in [6, 6.07) is 4.41. The minimum absolute atomic E-state index is 0.661. The van der Waals surface area contributed by atoms with Crippen molar-refractivity contribution in [3.05, 3.63) is 38.1 Å². The second-order valence-corrected chi connectivity index (χ2v) is 5.40. The number of benzene rings is 1. The summed E-state index contributed by atoms with van der Waals surface area (Å²) in [6.07, 6.45) is 0.